The van der Waals surface area contributed by atoms with Gasteiger partial charge in [-0.1, -0.05) is 11.2 Å². The van der Waals surface area contributed by atoms with Crippen LogP contribution in [0.15, 0.2) is 28.9 Å². The van der Waals surface area contributed by atoms with Gasteiger partial charge in [0.25, 0.3) is 0 Å². The molecule has 2 aliphatic rings. The fraction of sp³-hybridized carbons (Fsp3) is 0.450. The first-order chi connectivity index (χ1) is 12.6. The molecule has 2 aromatic heterocycles. The summed E-state index contributed by atoms with van der Waals surface area (Å²) in [6.07, 6.45) is 6.68. The van der Waals surface area contributed by atoms with Crippen molar-refractivity contribution in [1.82, 2.24) is 19.9 Å². The lowest BCUT2D eigenvalue weighted by Gasteiger charge is -2.19. The van der Waals surface area contributed by atoms with Gasteiger partial charge in [-0.3, -0.25) is 4.68 Å². The molecule has 5 rings (SSSR count). The third kappa shape index (κ3) is 2.31. The van der Waals surface area contributed by atoms with Crippen molar-refractivity contribution in [2.45, 2.75) is 50.4 Å². The van der Waals surface area contributed by atoms with Gasteiger partial charge < -0.3 is 4.52 Å². The Bertz CT molecular complexity index is 986. The van der Waals surface area contributed by atoms with Crippen LogP contribution in [-0.4, -0.2) is 19.9 Å². The van der Waals surface area contributed by atoms with E-state index in [1.165, 1.54) is 17.3 Å². The molecule has 26 heavy (non-hydrogen) atoms. The van der Waals surface area contributed by atoms with Crippen molar-refractivity contribution < 1.29 is 8.91 Å². The topological polar surface area (TPSA) is 56.7 Å². The van der Waals surface area contributed by atoms with E-state index in [0.717, 1.165) is 43.2 Å². The van der Waals surface area contributed by atoms with Crippen molar-refractivity contribution in [3.63, 3.8) is 0 Å². The Morgan fingerprint density at radius 3 is 2.96 bits per heavy atom. The highest BCUT2D eigenvalue weighted by molar-refractivity contribution is 5.44. The van der Waals surface area contributed by atoms with Gasteiger partial charge in [-0.25, -0.2) is 4.39 Å². The van der Waals surface area contributed by atoms with E-state index < -0.39 is 0 Å². The van der Waals surface area contributed by atoms with Gasteiger partial charge in [-0.05, 0) is 61.4 Å². The Morgan fingerprint density at radius 1 is 1.31 bits per heavy atom. The van der Waals surface area contributed by atoms with Crippen molar-refractivity contribution in [1.29, 1.82) is 0 Å². The number of rotatable bonds is 3. The van der Waals surface area contributed by atoms with E-state index in [1.54, 1.807) is 6.07 Å². The molecule has 0 amide bonds. The minimum absolute atomic E-state index is 0.211. The second kappa shape index (κ2) is 5.50. The molecule has 2 heterocycles. The minimum atomic E-state index is -0.277. The molecule has 3 aromatic rings. The van der Waals surface area contributed by atoms with Gasteiger partial charge in [0, 0.05) is 25.1 Å². The summed E-state index contributed by atoms with van der Waals surface area (Å²) in [5.41, 5.74) is 4.36. The molecule has 0 radical (unpaired) electrons. The zero-order valence-electron chi connectivity index (χ0n) is 15.0. The van der Waals surface area contributed by atoms with Crippen LogP contribution in [0.1, 0.15) is 59.3 Å². The van der Waals surface area contributed by atoms with Crippen LogP contribution in [0.4, 0.5) is 4.39 Å². The lowest BCUT2D eigenvalue weighted by Crippen LogP contribution is -2.16. The zero-order valence-corrected chi connectivity index (χ0v) is 15.0. The molecule has 1 unspecified atom stereocenters. The van der Waals surface area contributed by atoms with Gasteiger partial charge in [-0.2, -0.15) is 10.1 Å². The number of aromatic nitrogens is 4. The second-order valence-corrected chi connectivity index (χ2v) is 7.68. The minimum Gasteiger partial charge on any atom is -0.339 e. The zero-order chi connectivity index (χ0) is 17.9. The average Bonchev–Trinajstić information content (AvgIpc) is 3.14. The van der Waals surface area contributed by atoms with E-state index in [4.69, 9.17) is 9.51 Å². The van der Waals surface area contributed by atoms with Crippen molar-refractivity contribution in [3.05, 3.63) is 64.3 Å². The third-order valence-corrected chi connectivity index (χ3v) is 6.03. The lowest BCUT2D eigenvalue weighted by molar-refractivity contribution is 0.333. The molecule has 1 fully saturated rings. The maximum absolute atomic E-state index is 13.8. The summed E-state index contributed by atoms with van der Waals surface area (Å²) >= 11 is 0. The Kier molecular flexibility index (Phi) is 3.33. The van der Waals surface area contributed by atoms with Crippen LogP contribution < -0.4 is 0 Å². The summed E-state index contributed by atoms with van der Waals surface area (Å²) in [6.45, 7) is 2.01. The number of aryl methyl sites for hydroxylation is 3. The molecule has 1 saturated carbocycles. The molecule has 0 saturated heterocycles. The van der Waals surface area contributed by atoms with Crippen molar-refractivity contribution in [2.24, 2.45) is 7.05 Å². The van der Waals surface area contributed by atoms with Gasteiger partial charge in [0.05, 0.1) is 11.6 Å². The van der Waals surface area contributed by atoms with Gasteiger partial charge in [0.2, 0.25) is 5.89 Å². The van der Waals surface area contributed by atoms with Crippen LogP contribution in [0, 0.1) is 12.7 Å². The summed E-state index contributed by atoms with van der Waals surface area (Å²) in [5, 5.41) is 8.66. The Morgan fingerprint density at radius 2 is 2.15 bits per heavy atom. The molecular weight excluding hydrogens is 331 g/mol. The molecule has 2 aliphatic carbocycles. The first-order valence-electron chi connectivity index (χ1n) is 9.17. The Labute approximate surface area is 151 Å². The summed E-state index contributed by atoms with van der Waals surface area (Å²) in [6, 6.07) is 4.96. The van der Waals surface area contributed by atoms with Gasteiger partial charge >= 0.3 is 0 Å². The average molecular weight is 352 g/mol. The molecule has 1 aromatic carbocycles. The lowest BCUT2D eigenvalue weighted by atomic mass is 9.87. The monoisotopic (exact) mass is 352 g/mol. The van der Waals surface area contributed by atoms with Crippen molar-refractivity contribution >= 4 is 0 Å². The third-order valence-electron chi connectivity index (χ3n) is 6.03. The molecule has 0 N–H and O–H groups in total. The molecule has 0 aliphatic heterocycles. The van der Waals surface area contributed by atoms with Crippen molar-refractivity contribution in [3.8, 4) is 0 Å². The second-order valence-electron chi connectivity index (χ2n) is 7.68. The van der Waals surface area contributed by atoms with Gasteiger partial charge in [-0.15, -0.1) is 0 Å². The fourth-order valence-electron chi connectivity index (χ4n) is 4.30. The normalized spacial score (nSPS) is 20.8. The number of hydrogen-bond acceptors (Lipinski definition) is 4. The predicted octanol–water partition coefficient (Wildman–Crippen LogP) is 3.60. The number of hydrogen-bond donors (Lipinski definition) is 0. The van der Waals surface area contributed by atoms with Crippen LogP contribution >= 0.6 is 0 Å². The first kappa shape index (κ1) is 15.7. The van der Waals surface area contributed by atoms with E-state index in [0.29, 0.717) is 11.7 Å². The Hall–Kier alpha value is -2.50. The van der Waals surface area contributed by atoms with E-state index in [2.05, 4.69) is 10.3 Å². The summed E-state index contributed by atoms with van der Waals surface area (Å²) < 4.78 is 21.4. The highest BCUT2D eigenvalue weighted by Gasteiger charge is 2.51. The summed E-state index contributed by atoms with van der Waals surface area (Å²) in [7, 11) is 1.98. The SMILES string of the molecule is Cc1ccc(F)cc1C1(c2noc(C3CCc4cnn(C)c4C3)n2)CC1. The van der Waals surface area contributed by atoms with Gasteiger partial charge in [0.1, 0.15) is 5.82 Å². The maximum Gasteiger partial charge on any atom is 0.230 e. The number of halogens is 1. The highest BCUT2D eigenvalue weighted by atomic mass is 19.1. The molecule has 5 nitrogen and oxygen atoms in total. The van der Waals surface area contributed by atoms with Gasteiger partial charge in [0.15, 0.2) is 5.82 Å². The molecule has 6 heteroatoms. The molecule has 0 spiro atoms. The van der Waals surface area contributed by atoms with Crippen LogP contribution in [-0.2, 0) is 25.3 Å². The summed E-state index contributed by atoms with van der Waals surface area (Å²) in [4.78, 5) is 4.77. The molecule has 134 valence electrons. The largest absolute Gasteiger partial charge is 0.339 e. The van der Waals surface area contributed by atoms with Crippen molar-refractivity contribution in [2.75, 3.05) is 0 Å². The predicted molar refractivity (Wildman–Crippen MR) is 93.4 cm³/mol. The first-order valence-corrected chi connectivity index (χ1v) is 9.17. The molecular formula is C20H21FN4O. The number of fused-ring (bicyclic) bond motifs is 1. The van der Waals surface area contributed by atoms with Crippen LogP contribution in [0.25, 0.3) is 0 Å². The number of benzene rings is 1. The van der Waals surface area contributed by atoms with E-state index in [9.17, 15) is 4.39 Å². The standard InChI is InChI=1S/C20H21FN4O/c1-12-3-6-15(21)10-16(12)20(7-8-20)19-23-18(26-24-19)13-4-5-14-11-22-25(2)17(14)9-13/h3,6,10-11,13H,4-5,7-9H2,1-2H3. The van der Waals surface area contributed by atoms with Crippen LogP contribution in [0.2, 0.25) is 0 Å². The smallest absolute Gasteiger partial charge is 0.230 e. The Balaban J connectivity index is 1.46. The summed E-state index contributed by atoms with van der Waals surface area (Å²) in [5.74, 6) is 1.42. The van der Waals surface area contributed by atoms with Crippen LogP contribution in [0.5, 0.6) is 0 Å². The number of nitrogens with zero attached hydrogens (tertiary/aromatic N) is 4. The van der Waals surface area contributed by atoms with E-state index >= 15 is 0 Å². The molecule has 0 bridgehead atoms. The molecule has 1 atom stereocenters. The maximum atomic E-state index is 13.8. The highest BCUT2D eigenvalue weighted by Crippen LogP contribution is 2.53. The van der Waals surface area contributed by atoms with E-state index in [1.807, 2.05) is 30.9 Å². The van der Waals surface area contributed by atoms with E-state index in [-0.39, 0.29) is 17.2 Å². The van der Waals surface area contributed by atoms with Crippen LogP contribution in [0.3, 0.4) is 0 Å². The fourth-order valence-corrected chi connectivity index (χ4v) is 4.30. The quantitative estimate of drug-likeness (QED) is 0.723.